The van der Waals surface area contributed by atoms with Crippen molar-refractivity contribution < 1.29 is 9.66 Å². The first kappa shape index (κ1) is 16.1. The summed E-state index contributed by atoms with van der Waals surface area (Å²) >= 11 is 0. The smallest absolute Gasteiger partial charge is 0.332 e. The molecule has 1 aromatic rings. The minimum atomic E-state index is -0.465. The zero-order chi connectivity index (χ0) is 15.1. The van der Waals surface area contributed by atoms with Crippen LogP contribution in [0.2, 0.25) is 0 Å². The zero-order valence-electron chi connectivity index (χ0n) is 12.3. The Hall–Kier alpha value is -1.96. The zero-order valence-corrected chi connectivity index (χ0v) is 12.3. The Morgan fingerprint density at radius 2 is 2.15 bits per heavy atom. The van der Waals surface area contributed by atoms with Crippen molar-refractivity contribution in [2.75, 3.05) is 31.4 Å². The molecule has 1 heterocycles. The molecule has 0 saturated carbocycles. The molecule has 8 nitrogen and oxygen atoms in total. The summed E-state index contributed by atoms with van der Waals surface area (Å²) in [5.41, 5.74) is 0.228. The Balaban J connectivity index is 3.12. The van der Waals surface area contributed by atoms with E-state index in [9.17, 15) is 10.1 Å². The number of nitro groups is 1. The molecule has 0 aromatic carbocycles. The highest BCUT2D eigenvalue weighted by Crippen LogP contribution is 2.27. The fourth-order valence-electron chi connectivity index (χ4n) is 1.94. The van der Waals surface area contributed by atoms with Crippen LogP contribution in [-0.2, 0) is 4.74 Å². The van der Waals surface area contributed by atoms with E-state index >= 15 is 0 Å². The predicted molar refractivity (Wildman–Crippen MR) is 77.2 cm³/mol. The molecule has 0 saturated heterocycles. The molecule has 1 rings (SSSR count). The number of hydrogen-bond acceptors (Lipinski definition) is 7. The molecule has 0 fully saturated rings. The van der Waals surface area contributed by atoms with Crippen LogP contribution in [0.4, 0.5) is 17.5 Å². The average Bonchev–Trinajstić information content (AvgIpc) is 2.38. The molecule has 2 N–H and O–H groups in total. The highest BCUT2D eigenvalue weighted by atomic mass is 16.6. The van der Waals surface area contributed by atoms with Crippen LogP contribution >= 0.6 is 0 Å². The number of hydrogen-bond donors (Lipinski definition) is 2. The maximum Gasteiger partial charge on any atom is 0.332 e. The van der Waals surface area contributed by atoms with Gasteiger partial charge in [-0.15, -0.1) is 0 Å². The van der Waals surface area contributed by atoms with E-state index in [1.807, 2.05) is 6.92 Å². The number of nitrogens with zero attached hydrogens (tertiary/aromatic N) is 3. The summed E-state index contributed by atoms with van der Waals surface area (Å²) in [6, 6.07) is -0.0253. The number of nitrogens with one attached hydrogen (secondary N) is 2. The molecule has 0 radical (unpaired) electrons. The molecule has 20 heavy (non-hydrogen) atoms. The lowest BCUT2D eigenvalue weighted by molar-refractivity contribution is -0.385. The third kappa shape index (κ3) is 4.02. The lowest BCUT2D eigenvalue weighted by Gasteiger charge is -2.18. The molecular formula is C12H21N5O3. The summed E-state index contributed by atoms with van der Waals surface area (Å²) in [7, 11) is 3.27. The van der Waals surface area contributed by atoms with Gasteiger partial charge in [-0.05, 0) is 13.3 Å². The van der Waals surface area contributed by atoms with Gasteiger partial charge in [0, 0.05) is 14.2 Å². The van der Waals surface area contributed by atoms with Crippen LogP contribution in [-0.4, -0.2) is 41.7 Å². The van der Waals surface area contributed by atoms with Crippen molar-refractivity contribution in [2.45, 2.75) is 32.7 Å². The van der Waals surface area contributed by atoms with Gasteiger partial charge in [-0.2, -0.15) is 4.98 Å². The normalized spacial score (nSPS) is 12.0. The number of methoxy groups -OCH3 is 1. The van der Waals surface area contributed by atoms with E-state index in [4.69, 9.17) is 4.74 Å². The van der Waals surface area contributed by atoms with E-state index in [0.717, 1.165) is 12.8 Å². The van der Waals surface area contributed by atoms with E-state index in [1.54, 1.807) is 21.1 Å². The molecular weight excluding hydrogens is 262 g/mol. The van der Waals surface area contributed by atoms with Gasteiger partial charge in [0.2, 0.25) is 11.8 Å². The minimum absolute atomic E-state index is 0.0253. The molecule has 0 spiro atoms. The van der Waals surface area contributed by atoms with Crippen LogP contribution in [0.3, 0.4) is 0 Å². The van der Waals surface area contributed by atoms with Crippen molar-refractivity contribution in [3.8, 4) is 0 Å². The number of aromatic nitrogens is 2. The van der Waals surface area contributed by atoms with Crippen LogP contribution in [0.5, 0.6) is 0 Å². The van der Waals surface area contributed by atoms with Crippen LogP contribution < -0.4 is 10.6 Å². The Morgan fingerprint density at radius 3 is 2.65 bits per heavy atom. The maximum atomic E-state index is 11.2. The summed E-state index contributed by atoms with van der Waals surface area (Å²) in [5.74, 6) is 0.575. The average molecular weight is 283 g/mol. The van der Waals surface area contributed by atoms with Gasteiger partial charge in [0.15, 0.2) is 0 Å². The molecule has 0 aliphatic carbocycles. The topological polar surface area (TPSA) is 102 Å². The molecule has 1 unspecified atom stereocenters. The number of rotatable bonds is 8. The minimum Gasteiger partial charge on any atom is -0.383 e. The number of anilines is 2. The Bertz CT molecular complexity index is 461. The van der Waals surface area contributed by atoms with Crippen molar-refractivity contribution in [3.05, 3.63) is 15.8 Å². The molecule has 112 valence electrons. The van der Waals surface area contributed by atoms with E-state index in [2.05, 4.69) is 20.6 Å². The van der Waals surface area contributed by atoms with Crippen LogP contribution in [0, 0.1) is 17.0 Å². The fraction of sp³-hybridized carbons (Fsp3) is 0.667. The second-order valence-corrected chi connectivity index (χ2v) is 4.42. The van der Waals surface area contributed by atoms with Gasteiger partial charge in [0.1, 0.15) is 5.69 Å². The SMILES string of the molecule is CCCC(COC)Nc1nc(NC)nc(C)c1[N+](=O)[O-]. The van der Waals surface area contributed by atoms with Crippen molar-refractivity contribution in [1.29, 1.82) is 0 Å². The van der Waals surface area contributed by atoms with Crippen molar-refractivity contribution >= 4 is 17.5 Å². The molecule has 8 heteroatoms. The van der Waals surface area contributed by atoms with Gasteiger partial charge in [0.05, 0.1) is 17.6 Å². The Labute approximate surface area is 118 Å². The predicted octanol–water partition coefficient (Wildman–Crippen LogP) is 1.96. The fourth-order valence-corrected chi connectivity index (χ4v) is 1.94. The van der Waals surface area contributed by atoms with Crippen LogP contribution in [0.25, 0.3) is 0 Å². The third-order valence-electron chi connectivity index (χ3n) is 2.81. The summed E-state index contributed by atoms with van der Waals surface area (Å²) in [6.45, 7) is 4.10. The molecule has 0 bridgehead atoms. The van der Waals surface area contributed by atoms with Crippen molar-refractivity contribution in [3.63, 3.8) is 0 Å². The molecule has 0 aliphatic rings. The van der Waals surface area contributed by atoms with Crippen molar-refractivity contribution in [2.24, 2.45) is 0 Å². The van der Waals surface area contributed by atoms with Gasteiger partial charge >= 0.3 is 5.69 Å². The highest BCUT2D eigenvalue weighted by molar-refractivity contribution is 5.61. The summed E-state index contributed by atoms with van der Waals surface area (Å²) < 4.78 is 5.12. The first-order valence-electron chi connectivity index (χ1n) is 6.49. The van der Waals surface area contributed by atoms with Gasteiger partial charge in [0.25, 0.3) is 0 Å². The van der Waals surface area contributed by atoms with Crippen LogP contribution in [0.1, 0.15) is 25.5 Å². The Morgan fingerprint density at radius 1 is 1.45 bits per heavy atom. The van der Waals surface area contributed by atoms with Gasteiger partial charge in [-0.1, -0.05) is 13.3 Å². The number of ether oxygens (including phenoxy) is 1. The highest BCUT2D eigenvalue weighted by Gasteiger charge is 2.23. The monoisotopic (exact) mass is 283 g/mol. The van der Waals surface area contributed by atoms with E-state index in [-0.39, 0.29) is 17.5 Å². The summed E-state index contributed by atoms with van der Waals surface area (Å²) in [6.07, 6.45) is 1.78. The van der Waals surface area contributed by atoms with Gasteiger partial charge in [-0.3, -0.25) is 10.1 Å². The van der Waals surface area contributed by atoms with Crippen LogP contribution in [0.15, 0.2) is 0 Å². The first-order valence-corrected chi connectivity index (χ1v) is 6.49. The molecule has 1 aromatic heterocycles. The second-order valence-electron chi connectivity index (χ2n) is 4.42. The van der Waals surface area contributed by atoms with Gasteiger partial charge in [-0.25, -0.2) is 4.98 Å². The molecule has 0 amide bonds. The van der Waals surface area contributed by atoms with E-state index < -0.39 is 4.92 Å². The first-order chi connectivity index (χ1) is 9.53. The lowest BCUT2D eigenvalue weighted by atomic mass is 10.2. The third-order valence-corrected chi connectivity index (χ3v) is 2.81. The second kappa shape index (κ2) is 7.59. The Kier molecular flexibility index (Phi) is 6.10. The lowest BCUT2D eigenvalue weighted by Crippen LogP contribution is -2.26. The standard InChI is InChI=1S/C12H21N5O3/c1-5-6-9(7-20-4)15-11-10(17(18)19)8(2)14-12(13-3)16-11/h9H,5-7H2,1-4H3,(H2,13,14,15,16). The maximum absolute atomic E-state index is 11.2. The largest absolute Gasteiger partial charge is 0.383 e. The summed E-state index contributed by atoms with van der Waals surface area (Å²) in [5, 5.41) is 17.1. The van der Waals surface area contributed by atoms with Crippen molar-refractivity contribution in [1.82, 2.24) is 9.97 Å². The van der Waals surface area contributed by atoms with E-state index in [0.29, 0.717) is 18.2 Å². The quantitative estimate of drug-likeness (QED) is 0.555. The van der Waals surface area contributed by atoms with Gasteiger partial charge < -0.3 is 15.4 Å². The molecule has 1 atom stereocenters. The molecule has 0 aliphatic heterocycles. The number of aryl methyl sites for hydroxylation is 1. The van der Waals surface area contributed by atoms with E-state index in [1.165, 1.54) is 0 Å². The summed E-state index contributed by atoms with van der Waals surface area (Å²) in [4.78, 5) is 18.9.